The molecule has 0 saturated heterocycles. The minimum Gasteiger partial charge on any atom is -0.463 e. The van der Waals surface area contributed by atoms with Crippen molar-refractivity contribution in [2.24, 2.45) is 0 Å². The first-order valence-corrected chi connectivity index (χ1v) is 45.7. The summed E-state index contributed by atoms with van der Waals surface area (Å²) in [5, 5.41) is 20.7. The first-order valence-electron chi connectivity index (χ1n) is 42.7. The summed E-state index contributed by atoms with van der Waals surface area (Å²) in [4.78, 5) is 58.8. The molecule has 0 bridgehead atoms. The van der Waals surface area contributed by atoms with Crippen molar-refractivity contribution in [3.05, 3.63) is 194 Å². The van der Waals surface area contributed by atoms with Crippen LogP contribution in [0.15, 0.2) is 194 Å². The first kappa shape index (κ1) is 105. The van der Waals surface area contributed by atoms with Gasteiger partial charge in [0, 0.05) is 19.3 Å². The van der Waals surface area contributed by atoms with Crippen LogP contribution in [-0.4, -0.2) is 95.9 Å². The van der Waals surface area contributed by atoms with Gasteiger partial charge in [-0.15, -0.1) is 0 Å². The Bertz CT molecular complexity index is 2800. The van der Waals surface area contributed by atoms with Gasteiger partial charge in [-0.2, -0.15) is 0 Å². The van der Waals surface area contributed by atoms with E-state index in [0.717, 1.165) is 154 Å². The summed E-state index contributed by atoms with van der Waals surface area (Å²) < 4.78 is 61.2. The summed E-state index contributed by atoms with van der Waals surface area (Å²) in [5.74, 6) is -1.69. The van der Waals surface area contributed by atoms with Gasteiger partial charge in [0.15, 0.2) is 6.10 Å². The molecule has 0 aliphatic heterocycles. The van der Waals surface area contributed by atoms with Gasteiger partial charge < -0.3 is 34.2 Å². The lowest BCUT2D eigenvalue weighted by atomic mass is 10.0. The third-order valence-electron chi connectivity index (χ3n) is 17.3. The number of rotatable bonds is 79. The molecule has 0 saturated carbocycles. The molecular formula is C93H152O16P2. The van der Waals surface area contributed by atoms with Crippen LogP contribution >= 0.6 is 15.6 Å². The van der Waals surface area contributed by atoms with Crippen LogP contribution in [0, 0.1) is 0 Å². The van der Waals surface area contributed by atoms with Crippen molar-refractivity contribution in [3.63, 3.8) is 0 Å². The predicted molar refractivity (Wildman–Crippen MR) is 463 cm³/mol. The second-order valence-corrected chi connectivity index (χ2v) is 30.8. The second kappa shape index (κ2) is 83.8. The number of ether oxygens (including phenoxy) is 3. The molecule has 0 spiro atoms. The van der Waals surface area contributed by atoms with Gasteiger partial charge in [0.2, 0.25) is 0 Å². The van der Waals surface area contributed by atoms with Gasteiger partial charge in [0.05, 0.1) is 26.4 Å². The molecule has 4 N–H and O–H groups in total. The fourth-order valence-electron chi connectivity index (χ4n) is 10.9. The summed E-state index contributed by atoms with van der Waals surface area (Å²) in [7, 11) is -9.84. The molecule has 0 heterocycles. The van der Waals surface area contributed by atoms with E-state index in [9.17, 15) is 43.5 Å². The van der Waals surface area contributed by atoms with E-state index in [4.69, 9.17) is 32.3 Å². The minimum atomic E-state index is -4.96. The Morgan fingerprint density at radius 2 is 0.495 bits per heavy atom. The van der Waals surface area contributed by atoms with Crippen LogP contribution in [0.3, 0.4) is 0 Å². The molecule has 0 rings (SSSR count). The fourth-order valence-corrected chi connectivity index (χ4v) is 12.5. The Morgan fingerprint density at radius 3 is 0.793 bits per heavy atom. The van der Waals surface area contributed by atoms with Crippen LogP contribution in [0.4, 0.5) is 0 Å². The van der Waals surface area contributed by atoms with Crippen molar-refractivity contribution in [2.45, 2.75) is 334 Å². The molecule has 0 amide bonds. The summed E-state index contributed by atoms with van der Waals surface area (Å²) in [5.41, 5.74) is 0. The zero-order chi connectivity index (χ0) is 80.8. The Kier molecular flexibility index (Phi) is 79.6. The van der Waals surface area contributed by atoms with Gasteiger partial charge in [-0.05, 0) is 154 Å². The van der Waals surface area contributed by atoms with Crippen molar-refractivity contribution in [1.29, 1.82) is 0 Å². The lowest BCUT2D eigenvalue weighted by Crippen LogP contribution is -2.29. The number of phosphoric acid groups is 2. The number of carbonyl (C=O) groups excluding carboxylic acids is 3. The highest BCUT2D eigenvalue weighted by Crippen LogP contribution is 2.45. The van der Waals surface area contributed by atoms with E-state index in [0.29, 0.717) is 25.7 Å². The van der Waals surface area contributed by atoms with E-state index in [1.807, 2.05) is 18.2 Å². The SMILES string of the molecule is CC/C=C\C/C=C\C/C=C\C/C=C\C/C=C\C/C=C\CCCCCCCCCCCCC(=O)OCC(O)COP(=O)(O)OCC(O)COP(=O)(O)OCC(COC(=O)CCCCCCCCCCCCC/C=C\C/C=C\C/C=C\C/C=C\CCCCC)OC(=O)CC/C=C\C/C=C\C/C=C\C/C=C\C/C=C\C/C=C\CC. The Labute approximate surface area is 674 Å². The number of unbranched alkanes of at least 4 members (excludes halogenated alkanes) is 24. The quantitative estimate of drug-likeness (QED) is 0.0146. The topological polar surface area (TPSA) is 231 Å². The van der Waals surface area contributed by atoms with Crippen LogP contribution in [0.2, 0.25) is 0 Å². The Morgan fingerprint density at radius 1 is 0.261 bits per heavy atom. The molecule has 630 valence electrons. The van der Waals surface area contributed by atoms with E-state index in [-0.39, 0.29) is 19.3 Å². The molecule has 16 nitrogen and oxygen atoms in total. The van der Waals surface area contributed by atoms with Crippen molar-refractivity contribution in [2.75, 3.05) is 39.6 Å². The summed E-state index contributed by atoms with van der Waals surface area (Å²) in [6.45, 7) is 2.33. The molecular weight excluding hydrogens is 1430 g/mol. The van der Waals surface area contributed by atoms with Crippen molar-refractivity contribution >= 4 is 33.6 Å². The number of aliphatic hydroxyl groups is 2. The number of esters is 3. The zero-order valence-electron chi connectivity index (χ0n) is 69.1. The highest BCUT2D eigenvalue weighted by Gasteiger charge is 2.29. The molecule has 0 aromatic carbocycles. The maximum Gasteiger partial charge on any atom is 0.472 e. The van der Waals surface area contributed by atoms with Gasteiger partial charge in [-0.25, -0.2) is 9.13 Å². The van der Waals surface area contributed by atoms with E-state index in [2.05, 4.69) is 197 Å². The standard InChI is InChI=1S/C93H152O16P2/c1-4-7-10-13-16-19-22-25-28-31-34-36-38-40-42-43-45-47-48-50-53-55-58-61-64-67-70-73-76-79-91(96)103-82-88(94)83-105-110(99,100)106-84-89(95)85-107-111(101,102)108-87-90(109-93(98)81-78-75-72-69-66-63-60-57-52-33-30-27-24-21-18-15-12-9-6-3)86-104-92(97)80-77-74-71-68-65-62-59-56-54-51-49-46-44-41-39-37-35-32-29-26-23-20-17-14-11-8-5-2/h7,9-10,12,16-21,25-30,34-37,40-42,44-45,47,52,57,63,66,72,75,88-90,94-95H,4-6,8,11,13-15,22-24,31-33,38-39,43,46,48-51,53-56,58-62,64-65,67-71,73-74,76-87H2,1-3H3,(H,99,100)(H,101,102)/b10-7-,12-9-,19-16-,20-17-,21-18-,28-25-,29-26-,30-27-,36-34-,37-35-,42-40-,44-41-,47-45-,57-52-,66-63-,75-72-. The lowest BCUT2D eigenvalue weighted by molar-refractivity contribution is -0.161. The lowest BCUT2D eigenvalue weighted by Gasteiger charge is -2.21. The highest BCUT2D eigenvalue weighted by atomic mass is 31.2. The number of hydrogen-bond acceptors (Lipinski definition) is 14. The maximum atomic E-state index is 13.0. The van der Waals surface area contributed by atoms with Gasteiger partial charge >= 0.3 is 33.6 Å². The summed E-state index contributed by atoms with van der Waals surface area (Å²) in [6, 6.07) is 0. The van der Waals surface area contributed by atoms with Gasteiger partial charge in [-0.3, -0.25) is 32.5 Å². The minimum absolute atomic E-state index is 0.0277. The molecule has 0 aliphatic rings. The molecule has 0 radical (unpaired) electrons. The van der Waals surface area contributed by atoms with Gasteiger partial charge in [0.25, 0.3) is 0 Å². The fraction of sp³-hybridized carbons (Fsp3) is 0.624. The molecule has 111 heavy (non-hydrogen) atoms. The highest BCUT2D eigenvalue weighted by molar-refractivity contribution is 7.47. The average molecular weight is 1590 g/mol. The maximum absolute atomic E-state index is 13.0. The van der Waals surface area contributed by atoms with Crippen molar-refractivity contribution in [1.82, 2.24) is 0 Å². The third-order valence-corrected chi connectivity index (χ3v) is 19.2. The van der Waals surface area contributed by atoms with Crippen LogP contribution in [0.25, 0.3) is 0 Å². The number of hydrogen-bond donors (Lipinski definition) is 4. The average Bonchev–Trinajstić information content (AvgIpc) is 0.900. The first-order chi connectivity index (χ1) is 54.2. The second-order valence-electron chi connectivity index (χ2n) is 27.9. The summed E-state index contributed by atoms with van der Waals surface area (Å²) >= 11 is 0. The Hall–Kier alpha value is -5.61. The monoisotopic (exact) mass is 1590 g/mol. The predicted octanol–water partition coefficient (Wildman–Crippen LogP) is 25.9. The molecule has 0 aromatic heterocycles. The number of allylic oxidation sites excluding steroid dienone is 32. The molecule has 0 aliphatic carbocycles. The van der Waals surface area contributed by atoms with E-state index >= 15 is 0 Å². The van der Waals surface area contributed by atoms with Gasteiger partial charge in [0.1, 0.15) is 25.4 Å². The summed E-state index contributed by atoms with van der Waals surface area (Å²) in [6.07, 6.45) is 111. The normalized spacial score (nSPS) is 14.8. The van der Waals surface area contributed by atoms with E-state index in [1.165, 1.54) is 96.3 Å². The van der Waals surface area contributed by atoms with Gasteiger partial charge in [-0.1, -0.05) is 337 Å². The molecule has 0 aromatic rings. The largest absolute Gasteiger partial charge is 0.472 e. The molecule has 0 fully saturated rings. The smallest absolute Gasteiger partial charge is 0.463 e. The number of carbonyl (C=O) groups is 3. The molecule has 5 atom stereocenters. The van der Waals surface area contributed by atoms with Crippen molar-refractivity contribution < 1.29 is 75.8 Å². The van der Waals surface area contributed by atoms with Crippen LogP contribution in [0.1, 0.15) is 316 Å². The third kappa shape index (κ3) is 85.1. The van der Waals surface area contributed by atoms with Crippen molar-refractivity contribution in [3.8, 4) is 0 Å². The number of aliphatic hydroxyl groups excluding tert-OH is 2. The number of phosphoric ester groups is 2. The van der Waals surface area contributed by atoms with Crippen LogP contribution in [-0.2, 0) is 55.8 Å². The Balaban J connectivity index is 4.67. The van der Waals surface area contributed by atoms with E-state index < -0.39 is 91.5 Å². The van der Waals surface area contributed by atoms with E-state index in [1.54, 1.807) is 0 Å². The molecule has 5 unspecified atom stereocenters. The van der Waals surface area contributed by atoms with Crippen LogP contribution < -0.4 is 0 Å². The van der Waals surface area contributed by atoms with Crippen LogP contribution in [0.5, 0.6) is 0 Å². The zero-order valence-corrected chi connectivity index (χ0v) is 70.8. The molecule has 18 heteroatoms.